The van der Waals surface area contributed by atoms with E-state index in [0.29, 0.717) is 24.2 Å². The highest BCUT2D eigenvalue weighted by Crippen LogP contribution is 2.20. The van der Waals surface area contributed by atoms with Gasteiger partial charge in [-0.1, -0.05) is 19.0 Å². The van der Waals surface area contributed by atoms with Crippen molar-refractivity contribution in [3.8, 4) is 11.8 Å². The second-order valence-corrected chi connectivity index (χ2v) is 8.90. The van der Waals surface area contributed by atoms with Crippen LogP contribution in [-0.2, 0) is 14.8 Å². The van der Waals surface area contributed by atoms with E-state index < -0.39 is 21.8 Å². The minimum absolute atomic E-state index is 0.232. The molecule has 152 valence electrons. The molecule has 1 heterocycles. The van der Waals surface area contributed by atoms with Crippen LogP contribution in [0.4, 0.5) is 0 Å². The highest BCUT2D eigenvalue weighted by molar-refractivity contribution is 7.89. The monoisotopic (exact) mass is 408 g/mol. The van der Waals surface area contributed by atoms with Crippen molar-refractivity contribution in [3.63, 3.8) is 0 Å². The molecule has 0 aliphatic carbocycles. The number of sulfonamides is 1. The zero-order chi connectivity index (χ0) is 20.7. The van der Waals surface area contributed by atoms with Crippen LogP contribution in [0.25, 0.3) is 0 Å². The van der Waals surface area contributed by atoms with Gasteiger partial charge < -0.3 is 4.84 Å². The van der Waals surface area contributed by atoms with E-state index in [0.717, 1.165) is 5.71 Å². The highest BCUT2D eigenvalue weighted by Gasteiger charge is 2.33. The molecule has 0 aromatic heterocycles. The number of nitriles is 1. The van der Waals surface area contributed by atoms with E-state index in [1.54, 1.807) is 43.6 Å². The SMILES string of the molecule is CC(C)C(CS(=O)(=O)N1CCC(=NOc2ccc(C#N)cc2)CC1)C(=O)NO. The summed E-state index contributed by atoms with van der Waals surface area (Å²) in [7, 11) is -3.65. The van der Waals surface area contributed by atoms with Gasteiger partial charge in [-0.05, 0) is 30.2 Å². The molecule has 1 saturated heterocycles. The summed E-state index contributed by atoms with van der Waals surface area (Å²) in [6.07, 6.45) is 0.849. The fraction of sp³-hybridized carbons (Fsp3) is 0.500. The highest BCUT2D eigenvalue weighted by atomic mass is 32.2. The lowest BCUT2D eigenvalue weighted by Crippen LogP contribution is -2.44. The molecule has 0 bridgehead atoms. The lowest BCUT2D eigenvalue weighted by molar-refractivity contribution is -0.134. The van der Waals surface area contributed by atoms with Crippen LogP contribution in [0.15, 0.2) is 29.4 Å². The van der Waals surface area contributed by atoms with Crippen LogP contribution < -0.4 is 10.3 Å². The Hall–Kier alpha value is -2.48. The summed E-state index contributed by atoms with van der Waals surface area (Å²) in [5, 5.41) is 21.7. The number of nitrogens with one attached hydrogen (secondary N) is 1. The molecule has 1 amide bonds. The van der Waals surface area contributed by atoms with Crippen LogP contribution in [0.1, 0.15) is 32.3 Å². The molecule has 2 rings (SSSR count). The standard InChI is InChI=1S/C18H24N4O5S/c1-13(2)17(18(23)20-24)12-28(25,26)22-9-7-15(8-10-22)21-27-16-5-3-14(11-19)4-6-16/h3-6,13,17,24H,7-10,12H2,1-2H3,(H,20,23). The first kappa shape index (κ1) is 21.8. The molecule has 1 unspecified atom stereocenters. The lowest BCUT2D eigenvalue weighted by Gasteiger charge is -2.29. The molecular weight excluding hydrogens is 384 g/mol. The molecule has 1 aliphatic rings. The van der Waals surface area contributed by atoms with Crippen molar-refractivity contribution in [2.45, 2.75) is 26.7 Å². The number of hydroxylamine groups is 1. The normalized spacial score (nSPS) is 16.3. The van der Waals surface area contributed by atoms with Gasteiger partial charge in [0.2, 0.25) is 15.9 Å². The Morgan fingerprint density at radius 2 is 1.93 bits per heavy atom. The van der Waals surface area contributed by atoms with Gasteiger partial charge in [0.05, 0.1) is 29.0 Å². The van der Waals surface area contributed by atoms with Gasteiger partial charge in [0.25, 0.3) is 0 Å². The van der Waals surface area contributed by atoms with Crippen LogP contribution in [0, 0.1) is 23.2 Å². The minimum atomic E-state index is -3.65. The minimum Gasteiger partial charge on any atom is -0.357 e. The maximum Gasteiger partial charge on any atom is 0.247 e. The third kappa shape index (κ3) is 5.76. The zero-order valence-corrected chi connectivity index (χ0v) is 16.6. The molecule has 1 atom stereocenters. The first-order valence-corrected chi connectivity index (χ1v) is 10.5. The molecule has 28 heavy (non-hydrogen) atoms. The third-order valence-corrected chi connectivity index (χ3v) is 6.53. The summed E-state index contributed by atoms with van der Waals surface area (Å²) in [5.74, 6) is -1.62. The number of piperidine rings is 1. The van der Waals surface area contributed by atoms with Crippen molar-refractivity contribution in [1.29, 1.82) is 5.26 Å². The topological polar surface area (TPSA) is 132 Å². The van der Waals surface area contributed by atoms with E-state index in [1.807, 2.05) is 6.07 Å². The predicted molar refractivity (Wildman–Crippen MR) is 102 cm³/mol. The Morgan fingerprint density at radius 1 is 1.32 bits per heavy atom. The molecule has 0 spiro atoms. The second-order valence-electron chi connectivity index (χ2n) is 6.89. The van der Waals surface area contributed by atoms with E-state index in [-0.39, 0.29) is 24.8 Å². The third-order valence-electron chi connectivity index (χ3n) is 4.60. The summed E-state index contributed by atoms with van der Waals surface area (Å²) in [6.45, 7) is 3.97. The number of amides is 1. The van der Waals surface area contributed by atoms with Crippen LogP contribution in [0.5, 0.6) is 5.75 Å². The fourth-order valence-corrected chi connectivity index (χ4v) is 4.75. The maximum atomic E-state index is 12.6. The molecule has 9 nitrogen and oxygen atoms in total. The fourth-order valence-electron chi connectivity index (χ4n) is 2.81. The molecule has 1 fully saturated rings. The van der Waals surface area contributed by atoms with E-state index in [2.05, 4.69) is 5.16 Å². The molecule has 1 aromatic carbocycles. The largest absolute Gasteiger partial charge is 0.357 e. The van der Waals surface area contributed by atoms with E-state index in [9.17, 15) is 13.2 Å². The van der Waals surface area contributed by atoms with Gasteiger partial charge in [0.15, 0.2) is 5.75 Å². The molecule has 2 N–H and O–H groups in total. The Bertz CT molecular complexity index is 849. The maximum absolute atomic E-state index is 12.6. The Morgan fingerprint density at radius 3 is 2.43 bits per heavy atom. The summed E-state index contributed by atoms with van der Waals surface area (Å²) in [4.78, 5) is 17.1. The van der Waals surface area contributed by atoms with Crippen molar-refractivity contribution in [3.05, 3.63) is 29.8 Å². The predicted octanol–water partition coefficient (Wildman–Crippen LogP) is 1.50. The molecule has 10 heteroatoms. The lowest BCUT2D eigenvalue weighted by atomic mass is 9.97. The van der Waals surface area contributed by atoms with E-state index in [1.165, 1.54) is 4.31 Å². The van der Waals surface area contributed by atoms with Gasteiger partial charge in [-0.15, -0.1) is 0 Å². The summed E-state index contributed by atoms with van der Waals surface area (Å²) in [5.41, 5.74) is 2.80. The Labute approximate surface area is 164 Å². The molecule has 0 radical (unpaired) electrons. The van der Waals surface area contributed by atoms with Crippen molar-refractivity contribution in [1.82, 2.24) is 9.79 Å². The van der Waals surface area contributed by atoms with Crippen LogP contribution in [0.3, 0.4) is 0 Å². The Kier molecular flexibility index (Phi) is 7.51. The average Bonchev–Trinajstić information content (AvgIpc) is 2.70. The number of nitrogens with zero attached hydrogens (tertiary/aromatic N) is 3. The summed E-state index contributed by atoms with van der Waals surface area (Å²) < 4.78 is 26.6. The molecule has 1 aliphatic heterocycles. The van der Waals surface area contributed by atoms with Crippen molar-refractivity contribution >= 4 is 21.6 Å². The van der Waals surface area contributed by atoms with E-state index in [4.69, 9.17) is 15.3 Å². The number of rotatable bonds is 7. The Balaban J connectivity index is 1.94. The van der Waals surface area contributed by atoms with Crippen LogP contribution in [0.2, 0.25) is 0 Å². The van der Waals surface area contributed by atoms with Crippen molar-refractivity contribution < 1.29 is 23.3 Å². The summed E-state index contributed by atoms with van der Waals surface area (Å²) in [6, 6.07) is 8.54. The number of hydrogen-bond acceptors (Lipinski definition) is 7. The summed E-state index contributed by atoms with van der Waals surface area (Å²) >= 11 is 0. The molecule has 1 aromatic rings. The van der Waals surface area contributed by atoms with Gasteiger partial charge in [-0.2, -0.15) is 5.26 Å². The first-order valence-electron chi connectivity index (χ1n) is 8.91. The molecular formula is C18H24N4O5S. The van der Waals surface area contributed by atoms with Crippen LogP contribution in [-0.4, -0.2) is 48.4 Å². The number of oxime groups is 1. The number of carbonyl (C=O) groups is 1. The smallest absolute Gasteiger partial charge is 0.247 e. The van der Waals surface area contributed by atoms with Gasteiger partial charge in [0.1, 0.15) is 0 Å². The van der Waals surface area contributed by atoms with Crippen molar-refractivity contribution in [2.75, 3.05) is 18.8 Å². The number of benzene rings is 1. The van der Waals surface area contributed by atoms with Crippen LogP contribution >= 0.6 is 0 Å². The molecule has 0 saturated carbocycles. The number of hydrogen-bond donors (Lipinski definition) is 2. The quantitative estimate of drug-likeness (QED) is 0.519. The van der Waals surface area contributed by atoms with Gasteiger partial charge in [0, 0.05) is 25.9 Å². The van der Waals surface area contributed by atoms with Gasteiger partial charge in [-0.25, -0.2) is 18.2 Å². The van der Waals surface area contributed by atoms with Gasteiger partial charge >= 0.3 is 0 Å². The second kappa shape index (κ2) is 9.64. The average molecular weight is 408 g/mol. The zero-order valence-electron chi connectivity index (χ0n) is 15.8. The number of carbonyl (C=O) groups excluding carboxylic acids is 1. The first-order chi connectivity index (χ1) is 13.3. The van der Waals surface area contributed by atoms with Crippen molar-refractivity contribution in [2.24, 2.45) is 17.0 Å². The van der Waals surface area contributed by atoms with E-state index >= 15 is 0 Å². The van der Waals surface area contributed by atoms with Gasteiger partial charge in [-0.3, -0.25) is 10.0 Å².